The van der Waals surface area contributed by atoms with Gasteiger partial charge in [0.2, 0.25) is 0 Å². The summed E-state index contributed by atoms with van der Waals surface area (Å²) in [6.45, 7) is 9.10. The van der Waals surface area contributed by atoms with E-state index in [1.54, 1.807) is 0 Å². The van der Waals surface area contributed by atoms with E-state index in [2.05, 4.69) is 10.3 Å². The number of amides is 1. The van der Waals surface area contributed by atoms with Gasteiger partial charge < -0.3 is 20.1 Å². The number of nitrogens with zero attached hydrogens (tertiary/aromatic N) is 2. The molecule has 0 unspecified atom stereocenters. The lowest BCUT2D eigenvalue weighted by atomic mass is 10.1. The Morgan fingerprint density at radius 3 is 2.52 bits per heavy atom. The number of nitrogens with two attached hydrogens (primary N) is 1. The predicted molar refractivity (Wildman–Crippen MR) is 98.9 cm³/mol. The van der Waals surface area contributed by atoms with Crippen LogP contribution in [0, 0.1) is 0 Å². The van der Waals surface area contributed by atoms with Gasteiger partial charge in [0.1, 0.15) is 5.60 Å². The third-order valence-electron chi connectivity index (χ3n) is 3.61. The molecule has 1 fully saturated rings. The average Bonchev–Trinajstić information content (AvgIpc) is 2.55. The van der Waals surface area contributed by atoms with Crippen LogP contribution in [0.4, 0.5) is 10.5 Å². The molecule has 0 aliphatic carbocycles. The van der Waals surface area contributed by atoms with Crippen molar-refractivity contribution in [1.82, 2.24) is 4.90 Å². The lowest BCUT2D eigenvalue weighted by molar-refractivity contribution is 0.0636. The fraction of sp³-hybridized carbons (Fsp3) is 0.556. The minimum absolute atomic E-state index is 0.455. The zero-order valence-electron chi connectivity index (χ0n) is 15.2. The average molecular weight is 348 g/mol. The van der Waals surface area contributed by atoms with Gasteiger partial charge in [-0.05, 0) is 44.9 Å². The normalized spacial score (nSPS) is 15.8. The molecule has 25 heavy (non-hydrogen) atoms. The first kappa shape index (κ1) is 19.1. The van der Waals surface area contributed by atoms with Gasteiger partial charge in [-0.1, -0.05) is 12.1 Å². The molecule has 3 N–H and O–H groups in total. The van der Waals surface area contributed by atoms with Crippen LogP contribution in [0.25, 0.3) is 0 Å². The summed E-state index contributed by atoms with van der Waals surface area (Å²) in [6.07, 6.45) is 0.334. The summed E-state index contributed by atoms with van der Waals surface area (Å²) in [5.41, 5.74) is 7.33. The molecule has 138 valence electrons. The third kappa shape index (κ3) is 7.01. The highest BCUT2D eigenvalue weighted by Crippen LogP contribution is 2.13. The number of ether oxygens (including phenoxy) is 2. The van der Waals surface area contributed by atoms with Crippen molar-refractivity contribution in [2.24, 2.45) is 10.7 Å². The summed E-state index contributed by atoms with van der Waals surface area (Å²) in [5, 5.41) is 2.72. The van der Waals surface area contributed by atoms with Crippen LogP contribution in [-0.2, 0) is 15.9 Å². The van der Waals surface area contributed by atoms with Crippen LogP contribution < -0.4 is 11.1 Å². The number of carbonyl (C=O) groups is 1. The highest BCUT2D eigenvalue weighted by Gasteiger charge is 2.16. The molecule has 0 aromatic heterocycles. The van der Waals surface area contributed by atoms with Gasteiger partial charge in [-0.3, -0.25) is 10.3 Å². The Hall–Kier alpha value is -2.28. The first-order valence-electron chi connectivity index (χ1n) is 8.55. The Kier molecular flexibility index (Phi) is 6.64. The summed E-state index contributed by atoms with van der Waals surface area (Å²) in [7, 11) is 0. The number of hydrogen-bond donors (Lipinski definition) is 2. The van der Waals surface area contributed by atoms with E-state index in [1.165, 1.54) is 0 Å². The number of hydrogen-bond acceptors (Lipinski definition) is 4. The monoisotopic (exact) mass is 348 g/mol. The number of morpholine rings is 1. The minimum atomic E-state index is -0.511. The zero-order valence-corrected chi connectivity index (χ0v) is 15.2. The molecule has 0 spiro atoms. The molecular formula is C18H28N4O3. The third-order valence-corrected chi connectivity index (χ3v) is 3.61. The van der Waals surface area contributed by atoms with E-state index in [-0.39, 0.29) is 0 Å². The van der Waals surface area contributed by atoms with E-state index < -0.39 is 11.7 Å². The van der Waals surface area contributed by atoms with E-state index >= 15 is 0 Å². The molecule has 0 radical (unpaired) electrons. The summed E-state index contributed by atoms with van der Waals surface area (Å²) in [4.78, 5) is 18.2. The number of benzene rings is 1. The van der Waals surface area contributed by atoms with Crippen molar-refractivity contribution < 1.29 is 14.3 Å². The van der Waals surface area contributed by atoms with Crippen molar-refractivity contribution in [3.8, 4) is 0 Å². The van der Waals surface area contributed by atoms with Crippen molar-refractivity contribution in [3.63, 3.8) is 0 Å². The molecule has 7 nitrogen and oxygen atoms in total. The van der Waals surface area contributed by atoms with Crippen molar-refractivity contribution in [1.29, 1.82) is 0 Å². The lowest BCUT2D eigenvalue weighted by Gasteiger charge is -2.27. The molecule has 1 aliphatic rings. The Morgan fingerprint density at radius 1 is 1.28 bits per heavy atom. The van der Waals surface area contributed by atoms with Crippen LogP contribution in [0.2, 0.25) is 0 Å². The van der Waals surface area contributed by atoms with E-state index in [0.717, 1.165) is 25.1 Å². The summed E-state index contributed by atoms with van der Waals surface area (Å²) >= 11 is 0. The Morgan fingerprint density at radius 2 is 1.92 bits per heavy atom. The Balaban J connectivity index is 1.79. The van der Waals surface area contributed by atoms with Gasteiger partial charge in [-0.15, -0.1) is 0 Å². The molecular weight excluding hydrogens is 320 g/mol. The second-order valence-electron chi connectivity index (χ2n) is 6.91. The molecule has 1 saturated heterocycles. The van der Waals surface area contributed by atoms with Gasteiger partial charge in [0.15, 0.2) is 5.96 Å². The summed E-state index contributed by atoms with van der Waals surface area (Å²) < 4.78 is 10.5. The standard InChI is InChI=1S/C18H28N4O3/c1-18(2,3)25-17(23)21-15-6-4-14(5-7-15)8-9-20-16(19)22-10-12-24-13-11-22/h4-7H,8-13H2,1-3H3,(H2,19,20)(H,21,23). The fourth-order valence-corrected chi connectivity index (χ4v) is 2.37. The van der Waals surface area contributed by atoms with Crippen molar-refractivity contribution in [3.05, 3.63) is 29.8 Å². The molecule has 0 bridgehead atoms. The number of anilines is 1. The quantitative estimate of drug-likeness (QED) is 0.643. The van der Waals surface area contributed by atoms with E-state index in [9.17, 15) is 4.79 Å². The van der Waals surface area contributed by atoms with Crippen molar-refractivity contribution >= 4 is 17.7 Å². The van der Waals surface area contributed by atoms with Crippen LogP contribution in [-0.4, -0.2) is 55.4 Å². The molecule has 0 atom stereocenters. The molecule has 0 saturated carbocycles. The first-order valence-corrected chi connectivity index (χ1v) is 8.55. The van der Waals surface area contributed by atoms with Gasteiger partial charge >= 0.3 is 6.09 Å². The van der Waals surface area contributed by atoms with Crippen LogP contribution >= 0.6 is 0 Å². The predicted octanol–water partition coefficient (Wildman–Crippen LogP) is 2.22. The maximum absolute atomic E-state index is 11.7. The van der Waals surface area contributed by atoms with Crippen LogP contribution in [0.3, 0.4) is 0 Å². The van der Waals surface area contributed by atoms with Gasteiger partial charge in [-0.25, -0.2) is 4.79 Å². The molecule has 1 amide bonds. The summed E-state index contributed by atoms with van der Waals surface area (Å²) in [5.74, 6) is 0.575. The number of rotatable bonds is 4. The zero-order chi connectivity index (χ0) is 18.3. The maximum atomic E-state index is 11.7. The molecule has 2 rings (SSSR count). The smallest absolute Gasteiger partial charge is 0.412 e. The lowest BCUT2D eigenvalue weighted by Crippen LogP contribution is -2.44. The first-order chi connectivity index (χ1) is 11.8. The Labute approximate surface area is 149 Å². The SMILES string of the molecule is CC(C)(C)OC(=O)Nc1ccc(CCN=C(N)N2CCOCC2)cc1. The maximum Gasteiger partial charge on any atom is 0.412 e. The topological polar surface area (TPSA) is 89.2 Å². The van der Waals surface area contributed by atoms with Gasteiger partial charge in [0.25, 0.3) is 0 Å². The van der Waals surface area contributed by atoms with Crippen molar-refractivity contribution in [2.75, 3.05) is 38.2 Å². The second kappa shape index (κ2) is 8.71. The molecule has 1 heterocycles. The molecule has 1 aliphatic heterocycles. The second-order valence-corrected chi connectivity index (χ2v) is 6.91. The van der Waals surface area contributed by atoms with Gasteiger partial charge in [-0.2, -0.15) is 0 Å². The largest absolute Gasteiger partial charge is 0.444 e. The van der Waals surface area contributed by atoms with E-state index in [4.69, 9.17) is 15.2 Å². The molecule has 1 aromatic carbocycles. The highest BCUT2D eigenvalue weighted by molar-refractivity contribution is 5.84. The fourth-order valence-electron chi connectivity index (χ4n) is 2.37. The van der Waals surface area contributed by atoms with Crippen molar-refractivity contribution in [2.45, 2.75) is 32.8 Å². The van der Waals surface area contributed by atoms with Gasteiger partial charge in [0.05, 0.1) is 13.2 Å². The van der Waals surface area contributed by atoms with E-state index in [0.29, 0.717) is 31.4 Å². The van der Waals surface area contributed by atoms with Crippen LogP contribution in [0.5, 0.6) is 0 Å². The van der Waals surface area contributed by atoms with Crippen LogP contribution in [0.15, 0.2) is 29.3 Å². The number of carbonyl (C=O) groups excluding carboxylic acids is 1. The van der Waals surface area contributed by atoms with Crippen LogP contribution in [0.1, 0.15) is 26.3 Å². The minimum Gasteiger partial charge on any atom is -0.444 e. The van der Waals surface area contributed by atoms with E-state index in [1.807, 2.05) is 49.9 Å². The highest BCUT2D eigenvalue weighted by atomic mass is 16.6. The molecule has 1 aromatic rings. The molecule has 7 heteroatoms. The Bertz CT molecular complexity index is 587. The number of aliphatic imine (C=N–C) groups is 1. The number of guanidine groups is 1. The number of nitrogens with one attached hydrogen (secondary N) is 1. The van der Waals surface area contributed by atoms with Gasteiger partial charge in [0, 0.05) is 25.3 Å². The summed E-state index contributed by atoms with van der Waals surface area (Å²) in [6, 6.07) is 7.64.